The third-order valence-electron chi connectivity index (χ3n) is 4.26. The van der Waals surface area contributed by atoms with E-state index >= 15 is 0 Å². The van der Waals surface area contributed by atoms with Crippen LogP contribution in [0.2, 0.25) is 0 Å². The Morgan fingerprint density at radius 2 is 1.60 bits per heavy atom. The molecule has 1 fully saturated rings. The lowest BCUT2D eigenvalue weighted by atomic mass is 9.78. The Kier molecular flexibility index (Phi) is 5.27. The Hall–Kier alpha value is -1.25. The molecule has 1 saturated carbocycles. The van der Waals surface area contributed by atoms with E-state index in [1.54, 1.807) is 0 Å². The molecule has 0 radical (unpaired) electrons. The van der Waals surface area contributed by atoms with Crippen LogP contribution in [0, 0.1) is 5.92 Å². The summed E-state index contributed by atoms with van der Waals surface area (Å²) in [6.45, 7) is 2.15. The predicted molar refractivity (Wildman–Crippen MR) is 75.5 cm³/mol. The molecular formula is C17H21F3. The zero-order chi connectivity index (χ0) is 14.5. The summed E-state index contributed by atoms with van der Waals surface area (Å²) in [6, 6.07) is 8.56. The Labute approximate surface area is 118 Å². The van der Waals surface area contributed by atoms with Gasteiger partial charge in [0, 0.05) is 5.92 Å². The molecule has 1 aromatic carbocycles. The summed E-state index contributed by atoms with van der Waals surface area (Å²) in [5.74, 6) is -1.38. The summed E-state index contributed by atoms with van der Waals surface area (Å²) < 4.78 is 37.7. The van der Waals surface area contributed by atoms with E-state index in [0.717, 1.165) is 25.7 Å². The molecule has 1 aliphatic carbocycles. The summed E-state index contributed by atoms with van der Waals surface area (Å²) in [6.07, 6.45) is 2.69. The van der Waals surface area contributed by atoms with Crippen molar-refractivity contribution in [1.82, 2.24) is 0 Å². The van der Waals surface area contributed by atoms with Crippen LogP contribution in [0.4, 0.5) is 13.2 Å². The zero-order valence-corrected chi connectivity index (χ0v) is 11.8. The maximum atomic E-state index is 13.2. The van der Waals surface area contributed by atoms with Gasteiger partial charge in [-0.25, -0.2) is 4.39 Å². The Balaban J connectivity index is 1.95. The predicted octanol–water partition coefficient (Wildman–Crippen LogP) is 5.99. The summed E-state index contributed by atoms with van der Waals surface area (Å²) in [5, 5.41) is 0. The summed E-state index contributed by atoms with van der Waals surface area (Å²) in [4.78, 5) is 0. The Morgan fingerprint density at radius 1 is 1.00 bits per heavy atom. The molecule has 0 aliphatic heterocycles. The van der Waals surface area contributed by atoms with Crippen LogP contribution >= 0.6 is 0 Å². The van der Waals surface area contributed by atoms with Gasteiger partial charge in [-0.2, -0.15) is 8.78 Å². The van der Waals surface area contributed by atoms with Gasteiger partial charge in [-0.3, -0.25) is 0 Å². The molecule has 0 atom stereocenters. The van der Waals surface area contributed by atoms with Crippen LogP contribution in [0.3, 0.4) is 0 Å². The van der Waals surface area contributed by atoms with Gasteiger partial charge in [0.1, 0.15) is 0 Å². The summed E-state index contributed by atoms with van der Waals surface area (Å²) in [7, 11) is 0. The maximum Gasteiger partial charge on any atom is 0.301 e. The first kappa shape index (κ1) is 15.1. The van der Waals surface area contributed by atoms with Gasteiger partial charge in [0.2, 0.25) is 0 Å². The monoisotopic (exact) mass is 282 g/mol. The van der Waals surface area contributed by atoms with E-state index in [0.29, 0.717) is 18.8 Å². The molecule has 0 heterocycles. The highest BCUT2D eigenvalue weighted by atomic mass is 19.3. The lowest BCUT2D eigenvalue weighted by Gasteiger charge is -2.27. The van der Waals surface area contributed by atoms with Gasteiger partial charge in [-0.1, -0.05) is 37.6 Å². The van der Waals surface area contributed by atoms with Crippen molar-refractivity contribution in [3.8, 4) is 0 Å². The second kappa shape index (κ2) is 6.96. The van der Waals surface area contributed by atoms with Gasteiger partial charge in [0.15, 0.2) is 5.83 Å². The van der Waals surface area contributed by atoms with E-state index in [1.807, 2.05) is 0 Å². The highest BCUT2D eigenvalue weighted by Gasteiger charge is 2.27. The number of hydrogen-bond acceptors (Lipinski definition) is 0. The fourth-order valence-corrected chi connectivity index (χ4v) is 3.08. The third-order valence-corrected chi connectivity index (χ3v) is 4.26. The van der Waals surface area contributed by atoms with Gasteiger partial charge in [-0.05, 0) is 49.1 Å². The van der Waals surface area contributed by atoms with E-state index < -0.39 is 17.8 Å². The van der Waals surface area contributed by atoms with Crippen molar-refractivity contribution in [3.05, 3.63) is 47.3 Å². The largest absolute Gasteiger partial charge is 0.301 e. The fourth-order valence-electron chi connectivity index (χ4n) is 3.08. The topological polar surface area (TPSA) is 0 Å². The van der Waals surface area contributed by atoms with Crippen LogP contribution in [-0.2, 0) is 6.42 Å². The molecule has 0 N–H and O–H groups in total. The second-order valence-corrected chi connectivity index (χ2v) is 5.65. The minimum absolute atomic E-state index is 0.386. The van der Waals surface area contributed by atoms with Gasteiger partial charge in [0.25, 0.3) is 0 Å². The van der Waals surface area contributed by atoms with Crippen LogP contribution < -0.4 is 0 Å². The highest BCUT2D eigenvalue weighted by Crippen LogP contribution is 2.40. The minimum Gasteiger partial charge on any atom is -0.206 e. The van der Waals surface area contributed by atoms with E-state index in [1.165, 1.54) is 11.1 Å². The molecule has 0 aromatic heterocycles. The minimum atomic E-state index is -2.14. The maximum absolute atomic E-state index is 13.2. The van der Waals surface area contributed by atoms with E-state index in [9.17, 15) is 13.2 Å². The SMILES string of the molecule is CCCc1ccc([C@H]2CC[C@H](C(F)=C(F)F)CC2)cc1. The summed E-state index contributed by atoms with van der Waals surface area (Å²) >= 11 is 0. The smallest absolute Gasteiger partial charge is 0.206 e. The van der Waals surface area contributed by atoms with Crippen LogP contribution in [0.1, 0.15) is 56.1 Å². The van der Waals surface area contributed by atoms with Crippen molar-refractivity contribution >= 4 is 0 Å². The number of benzene rings is 1. The molecule has 110 valence electrons. The lowest BCUT2D eigenvalue weighted by Crippen LogP contribution is -2.14. The summed E-state index contributed by atoms with van der Waals surface area (Å²) in [5.41, 5.74) is 2.59. The Bertz CT molecular complexity index is 450. The average Bonchev–Trinajstić information content (AvgIpc) is 2.48. The van der Waals surface area contributed by atoms with Crippen LogP contribution in [0.15, 0.2) is 36.2 Å². The third kappa shape index (κ3) is 3.65. The zero-order valence-electron chi connectivity index (χ0n) is 11.8. The van der Waals surface area contributed by atoms with Gasteiger partial charge >= 0.3 is 6.08 Å². The first-order valence-electron chi connectivity index (χ1n) is 7.41. The van der Waals surface area contributed by atoms with Gasteiger partial charge in [-0.15, -0.1) is 0 Å². The number of rotatable bonds is 4. The molecule has 0 unspecified atom stereocenters. The van der Waals surface area contributed by atoms with Crippen molar-refractivity contribution in [2.75, 3.05) is 0 Å². The molecule has 0 bridgehead atoms. The van der Waals surface area contributed by atoms with Crippen molar-refractivity contribution in [2.45, 2.75) is 51.4 Å². The molecule has 0 amide bonds. The quantitative estimate of drug-likeness (QED) is 0.636. The molecular weight excluding hydrogens is 261 g/mol. The highest BCUT2D eigenvalue weighted by molar-refractivity contribution is 5.26. The lowest BCUT2D eigenvalue weighted by molar-refractivity contribution is 0.281. The standard InChI is InChI=1S/C17H21F3/c1-2-3-12-4-6-13(7-5-12)14-8-10-15(11-9-14)16(18)17(19)20/h4-7,14-15H,2-3,8-11H2,1H3/t14-,15-. The van der Waals surface area contributed by atoms with Crippen LogP contribution in [-0.4, -0.2) is 0 Å². The van der Waals surface area contributed by atoms with E-state index in [-0.39, 0.29) is 0 Å². The van der Waals surface area contributed by atoms with Gasteiger partial charge < -0.3 is 0 Å². The number of aryl methyl sites for hydroxylation is 1. The number of allylic oxidation sites excluding steroid dienone is 1. The van der Waals surface area contributed by atoms with Crippen LogP contribution in [0.5, 0.6) is 0 Å². The second-order valence-electron chi connectivity index (χ2n) is 5.65. The van der Waals surface area contributed by atoms with E-state index in [2.05, 4.69) is 31.2 Å². The van der Waals surface area contributed by atoms with Crippen molar-refractivity contribution in [3.63, 3.8) is 0 Å². The number of halogens is 3. The van der Waals surface area contributed by atoms with Crippen molar-refractivity contribution < 1.29 is 13.2 Å². The fraction of sp³-hybridized carbons (Fsp3) is 0.529. The van der Waals surface area contributed by atoms with Crippen molar-refractivity contribution in [1.29, 1.82) is 0 Å². The molecule has 0 nitrogen and oxygen atoms in total. The normalized spacial score (nSPS) is 22.6. The Morgan fingerprint density at radius 3 is 2.10 bits per heavy atom. The van der Waals surface area contributed by atoms with Gasteiger partial charge in [0.05, 0.1) is 0 Å². The first-order chi connectivity index (χ1) is 9.61. The average molecular weight is 282 g/mol. The first-order valence-corrected chi connectivity index (χ1v) is 7.41. The van der Waals surface area contributed by atoms with Crippen LogP contribution in [0.25, 0.3) is 0 Å². The molecule has 0 spiro atoms. The van der Waals surface area contributed by atoms with E-state index in [4.69, 9.17) is 0 Å². The molecule has 20 heavy (non-hydrogen) atoms. The molecule has 1 aromatic rings. The molecule has 3 heteroatoms. The molecule has 1 aliphatic rings. The molecule has 0 saturated heterocycles. The number of hydrogen-bond donors (Lipinski definition) is 0. The van der Waals surface area contributed by atoms with Crippen molar-refractivity contribution in [2.24, 2.45) is 5.92 Å². The molecule has 2 rings (SSSR count).